The molecule has 2 aliphatic rings. The van der Waals surface area contributed by atoms with Gasteiger partial charge in [-0.15, -0.1) is 0 Å². The topological polar surface area (TPSA) is 70.6 Å². The van der Waals surface area contributed by atoms with Gasteiger partial charge in [0.1, 0.15) is 5.25 Å². The quantitative estimate of drug-likeness (QED) is 0.833. The molecule has 0 unspecified atom stereocenters. The largest absolute Gasteiger partial charge is 0.326 e. The highest BCUT2D eigenvalue weighted by molar-refractivity contribution is 8.15. The number of anilines is 1. The van der Waals surface area contributed by atoms with Crippen LogP contribution < -0.4 is 10.6 Å². The maximum Gasteiger partial charge on any atom is 0.240 e. The second kappa shape index (κ2) is 8.23. The van der Waals surface area contributed by atoms with Gasteiger partial charge in [-0.05, 0) is 37.5 Å². The number of rotatable bonds is 4. The number of nitrogens with zero attached hydrogens (tertiary/aromatic N) is 1. The monoisotopic (exact) mass is 379 g/mol. The van der Waals surface area contributed by atoms with Gasteiger partial charge >= 0.3 is 0 Å². The molecule has 5 nitrogen and oxygen atoms in total. The Bertz CT molecular complexity index is 702. The first kappa shape index (κ1) is 18.3. The Morgan fingerprint density at radius 3 is 2.88 bits per heavy atom. The zero-order valence-electron chi connectivity index (χ0n) is 14.2. The summed E-state index contributed by atoms with van der Waals surface area (Å²) in [7, 11) is 0. The van der Waals surface area contributed by atoms with Crippen LogP contribution in [0.15, 0.2) is 23.2 Å². The number of benzene rings is 1. The summed E-state index contributed by atoms with van der Waals surface area (Å²) in [5, 5.41) is 6.49. The molecule has 134 valence electrons. The molecule has 1 aromatic rings. The molecular weight excluding hydrogens is 358 g/mol. The number of halogens is 1. The van der Waals surface area contributed by atoms with Crippen molar-refractivity contribution < 1.29 is 9.59 Å². The Labute approximate surface area is 157 Å². The predicted molar refractivity (Wildman–Crippen MR) is 103 cm³/mol. The Hall–Kier alpha value is -1.53. The number of thioether (sulfide) groups is 1. The number of hydrogen-bond acceptors (Lipinski definition) is 4. The van der Waals surface area contributed by atoms with E-state index in [9.17, 15) is 9.59 Å². The van der Waals surface area contributed by atoms with Crippen LogP contribution in [-0.2, 0) is 9.59 Å². The molecule has 0 aromatic heterocycles. The second-order valence-electron chi connectivity index (χ2n) is 6.49. The van der Waals surface area contributed by atoms with Crippen LogP contribution in [0.3, 0.4) is 0 Å². The van der Waals surface area contributed by atoms with Gasteiger partial charge in [-0.2, -0.15) is 0 Å². The number of amides is 2. The fourth-order valence-electron chi connectivity index (χ4n) is 3.09. The molecule has 2 fully saturated rings. The van der Waals surface area contributed by atoms with Crippen LogP contribution in [0, 0.1) is 6.92 Å². The zero-order chi connectivity index (χ0) is 17.8. The standard InChI is InChI=1S/C18H22ClN3O2S/c1-11-13(19)8-5-9-14(11)21-16(23)10-15-17(24)22-18(25-15)20-12-6-3-2-4-7-12/h5,8-9,12,15H,2-4,6-7,10H2,1H3,(H,21,23)(H,20,22,24)/t15-/m0/s1. The first-order valence-corrected chi connectivity index (χ1v) is 9.89. The highest BCUT2D eigenvalue weighted by Crippen LogP contribution is 2.27. The maximum atomic E-state index is 12.3. The van der Waals surface area contributed by atoms with E-state index in [0.717, 1.165) is 18.4 Å². The molecule has 1 saturated carbocycles. The van der Waals surface area contributed by atoms with Crippen LogP contribution in [0.25, 0.3) is 0 Å². The van der Waals surface area contributed by atoms with Crippen LogP contribution in [0.4, 0.5) is 5.69 Å². The molecule has 1 saturated heterocycles. The fourth-order valence-corrected chi connectivity index (χ4v) is 4.30. The van der Waals surface area contributed by atoms with Gasteiger partial charge in [-0.3, -0.25) is 14.6 Å². The summed E-state index contributed by atoms with van der Waals surface area (Å²) >= 11 is 7.43. The predicted octanol–water partition coefficient (Wildman–Crippen LogP) is 3.90. The lowest BCUT2D eigenvalue weighted by molar-refractivity contribution is -0.122. The molecule has 0 bridgehead atoms. The van der Waals surface area contributed by atoms with E-state index < -0.39 is 5.25 Å². The summed E-state index contributed by atoms with van der Waals surface area (Å²) in [6.45, 7) is 1.85. The van der Waals surface area contributed by atoms with Crippen LogP contribution in [0.5, 0.6) is 0 Å². The lowest BCUT2D eigenvalue weighted by Gasteiger charge is -2.17. The molecule has 1 atom stereocenters. The maximum absolute atomic E-state index is 12.3. The van der Waals surface area contributed by atoms with Gasteiger partial charge in [-0.25, -0.2) is 0 Å². The smallest absolute Gasteiger partial charge is 0.240 e. The minimum absolute atomic E-state index is 0.117. The first-order valence-electron chi connectivity index (χ1n) is 8.63. The van der Waals surface area contributed by atoms with Gasteiger partial charge in [0.15, 0.2) is 5.17 Å². The van der Waals surface area contributed by atoms with E-state index in [1.807, 2.05) is 6.92 Å². The van der Waals surface area contributed by atoms with E-state index in [1.54, 1.807) is 18.2 Å². The third kappa shape index (κ3) is 4.76. The Balaban J connectivity index is 1.57. The molecule has 1 aromatic carbocycles. The van der Waals surface area contributed by atoms with Gasteiger partial charge < -0.3 is 10.6 Å². The van der Waals surface area contributed by atoms with Crippen molar-refractivity contribution in [3.05, 3.63) is 28.8 Å². The van der Waals surface area contributed by atoms with Crippen molar-refractivity contribution in [2.45, 2.75) is 56.7 Å². The number of nitrogens with one attached hydrogen (secondary N) is 2. The van der Waals surface area contributed by atoms with Crippen LogP contribution in [0.2, 0.25) is 5.02 Å². The highest BCUT2D eigenvalue weighted by Gasteiger charge is 2.32. The van der Waals surface area contributed by atoms with E-state index in [4.69, 9.17) is 11.6 Å². The summed E-state index contributed by atoms with van der Waals surface area (Å²) < 4.78 is 0. The number of carbonyl (C=O) groups excluding carboxylic acids is 2. The third-order valence-corrected chi connectivity index (χ3v) is 6.07. The molecule has 1 heterocycles. The van der Waals surface area contributed by atoms with Crippen molar-refractivity contribution in [1.29, 1.82) is 0 Å². The lowest BCUT2D eigenvalue weighted by atomic mass is 9.96. The van der Waals surface area contributed by atoms with Crippen LogP contribution in [-0.4, -0.2) is 28.3 Å². The molecule has 1 aliphatic heterocycles. The highest BCUT2D eigenvalue weighted by atomic mass is 35.5. The van der Waals surface area contributed by atoms with Crippen molar-refractivity contribution in [3.63, 3.8) is 0 Å². The van der Waals surface area contributed by atoms with Gasteiger partial charge in [-0.1, -0.05) is 48.7 Å². The van der Waals surface area contributed by atoms with Crippen molar-refractivity contribution >= 4 is 46.0 Å². The van der Waals surface area contributed by atoms with Crippen molar-refractivity contribution in [2.75, 3.05) is 5.32 Å². The SMILES string of the molecule is Cc1c(Cl)cccc1NC(=O)C[C@@H]1SC(=NC2CCCCC2)NC1=O. The van der Waals surface area contributed by atoms with E-state index >= 15 is 0 Å². The minimum Gasteiger partial charge on any atom is -0.326 e. The molecule has 0 spiro atoms. The van der Waals surface area contributed by atoms with Crippen LogP contribution >= 0.6 is 23.4 Å². The Kier molecular flexibility index (Phi) is 6.02. The van der Waals surface area contributed by atoms with Gasteiger partial charge in [0.25, 0.3) is 0 Å². The molecule has 0 radical (unpaired) electrons. The average molecular weight is 380 g/mol. The number of aliphatic imine (C=N–C) groups is 1. The first-order chi connectivity index (χ1) is 12.0. The molecule has 2 amide bonds. The third-order valence-electron chi connectivity index (χ3n) is 4.56. The van der Waals surface area contributed by atoms with Crippen molar-refractivity contribution in [3.8, 4) is 0 Å². The lowest BCUT2D eigenvalue weighted by Crippen LogP contribution is -2.28. The summed E-state index contributed by atoms with van der Waals surface area (Å²) in [6.07, 6.45) is 5.95. The second-order valence-corrected chi connectivity index (χ2v) is 8.09. The zero-order valence-corrected chi connectivity index (χ0v) is 15.8. The van der Waals surface area contributed by atoms with E-state index in [2.05, 4.69) is 15.6 Å². The van der Waals surface area contributed by atoms with Crippen LogP contribution in [0.1, 0.15) is 44.1 Å². The Morgan fingerprint density at radius 2 is 2.12 bits per heavy atom. The molecule has 25 heavy (non-hydrogen) atoms. The summed E-state index contributed by atoms with van der Waals surface area (Å²) in [4.78, 5) is 29.1. The number of amidine groups is 1. The van der Waals surface area contributed by atoms with E-state index in [-0.39, 0.29) is 18.2 Å². The minimum atomic E-state index is -0.429. The van der Waals surface area contributed by atoms with E-state index in [1.165, 1.54) is 31.0 Å². The van der Waals surface area contributed by atoms with E-state index in [0.29, 0.717) is 21.9 Å². The number of hydrogen-bond donors (Lipinski definition) is 2. The van der Waals surface area contributed by atoms with Crippen molar-refractivity contribution in [1.82, 2.24) is 5.32 Å². The summed E-state index contributed by atoms with van der Waals surface area (Å²) in [5.74, 6) is -0.338. The van der Waals surface area contributed by atoms with Gasteiger partial charge in [0, 0.05) is 17.1 Å². The molecule has 2 N–H and O–H groups in total. The fraction of sp³-hybridized carbons (Fsp3) is 0.500. The molecule has 1 aliphatic carbocycles. The normalized spacial score (nSPS) is 22.9. The Morgan fingerprint density at radius 1 is 1.36 bits per heavy atom. The summed E-state index contributed by atoms with van der Waals surface area (Å²) in [6, 6.07) is 5.67. The molecule has 7 heteroatoms. The van der Waals surface area contributed by atoms with Gasteiger partial charge in [0.2, 0.25) is 11.8 Å². The average Bonchev–Trinajstić information content (AvgIpc) is 2.92. The number of carbonyl (C=O) groups is 2. The molecule has 3 rings (SSSR count). The summed E-state index contributed by atoms with van der Waals surface area (Å²) in [5.41, 5.74) is 1.50. The van der Waals surface area contributed by atoms with Crippen molar-refractivity contribution in [2.24, 2.45) is 4.99 Å². The van der Waals surface area contributed by atoms with Gasteiger partial charge in [0.05, 0.1) is 6.04 Å². The molecular formula is C18H22ClN3O2S.